The molecule has 1 aromatic rings. The highest BCUT2D eigenvalue weighted by atomic mass is 19.1. The van der Waals surface area contributed by atoms with Crippen molar-refractivity contribution in [2.45, 2.75) is 18.9 Å². The summed E-state index contributed by atoms with van der Waals surface area (Å²) in [6.07, 6.45) is 1.96. The van der Waals surface area contributed by atoms with Crippen molar-refractivity contribution < 1.29 is 13.9 Å². The highest BCUT2D eigenvalue weighted by molar-refractivity contribution is 5.97. The van der Waals surface area contributed by atoms with E-state index in [1.807, 2.05) is 0 Å². The fraction of sp³-hybridized carbons (Fsp3) is 0.500. The Bertz CT molecular complexity index is 459. The first-order valence-electron chi connectivity index (χ1n) is 6.45. The Morgan fingerprint density at radius 1 is 1.53 bits per heavy atom. The third-order valence-electron chi connectivity index (χ3n) is 3.55. The summed E-state index contributed by atoms with van der Waals surface area (Å²) in [5, 5.41) is 3.25. The summed E-state index contributed by atoms with van der Waals surface area (Å²) in [6.45, 7) is 1.72. The van der Waals surface area contributed by atoms with E-state index in [4.69, 9.17) is 4.74 Å². The molecule has 4 nitrogen and oxygen atoms in total. The molecule has 0 radical (unpaired) electrons. The fourth-order valence-electron chi connectivity index (χ4n) is 2.39. The summed E-state index contributed by atoms with van der Waals surface area (Å²) < 4.78 is 19.0. The van der Waals surface area contributed by atoms with Gasteiger partial charge in [0.2, 0.25) is 0 Å². The van der Waals surface area contributed by atoms with Gasteiger partial charge in [0.05, 0.1) is 7.11 Å². The predicted octanol–water partition coefficient (Wildman–Crippen LogP) is 1.66. The van der Waals surface area contributed by atoms with Gasteiger partial charge in [-0.2, -0.15) is 0 Å². The molecule has 0 saturated carbocycles. The normalized spacial score (nSPS) is 19.0. The van der Waals surface area contributed by atoms with Crippen molar-refractivity contribution in [2.24, 2.45) is 0 Å². The predicted molar refractivity (Wildman–Crippen MR) is 70.9 cm³/mol. The van der Waals surface area contributed by atoms with Crippen molar-refractivity contribution in [2.75, 3.05) is 27.2 Å². The summed E-state index contributed by atoms with van der Waals surface area (Å²) in [4.78, 5) is 14.0. The average molecular weight is 266 g/mol. The minimum Gasteiger partial charge on any atom is -0.496 e. The van der Waals surface area contributed by atoms with Gasteiger partial charge in [-0.25, -0.2) is 4.39 Å². The second-order valence-corrected chi connectivity index (χ2v) is 4.73. The van der Waals surface area contributed by atoms with Crippen molar-refractivity contribution in [3.05, 3.63) is 29.6 Å². The van der Waals surface area contributed by atoms with Crippen LogP contribution in [0.25, 0.3) is 0 Å². The van der Waals surface area contributed by atoms with Gasteiger partial charge in [0, 0.05) is 19.6 Å². The summed E-state index contributed by atoms with van der Waals surface area (Å²) >= 11 is 0. The molecular formula is C14H19FN2O2. The largest absolute Gasteiger partial charge is 0.496 e. The van der Waals surface area contributed by atoms with Gasteiger partial charge in [0.1, 0.15) is 17.1 Å². The van der Waals surface area contributed by atoms with Crippen LogP contribution in [0.3, 0.4) is 0 Å². The number of hydrogen-bond donors (Lipinski definition) is 1. The van der Waals surface area contributed by atoms with Gasteiger partial charge in [-0.05, 0) is 31.5 Å². The topological polar surface area (TPSA) is 41.6 Å². The number of methoxy groups -OCH3 is 1. The highest BCUT2D eigenvalue weighted by Gasteiger charge is 2.27. The van der Waals surface area contributed by atoms with Crippen LogP contribution in [0.2, 0.25) is 0 Å². The molecule has 5 heteroatoms. The number of piperidine rings is 1. The van der Waals surface area contributed by atoms with E-state index in [2.05, 4.69) is 5.32 Å². The molecule has 2 rings (SSSR count). The Kier molecular flexibility index (Phi) is 4.37. The van der Waals surface area contributed by atoms with Crippen LogP contribution >= 0.6 is 0 Å². The Balaban J connectivity index is 2.23. The third-order valence-corrected chi connectivity index (χ3v) is 3.55. The molecule has 1 aromatic carbocycles. The number of rotatable bonds is 3. The summed E-state index contributed by atoms with van der Waals surface area (Å²) in [7, 11) is 3.15. The van der Waals surface area contributed by atoms with Gasteiger partial charge >= 0.3 is 0 Å². The van der Waals surface area contributed by atoms with Crippen molar-refractivity contribution >= 4 is 5.91 Å². The number of nitrogens with zero attached hydrogens (tertiary/aromatic N) is 1. The molecule has 0 bridgehead atoms. The summed E-state index contributed by atoms with van der Waals surface area (Å²) in [5.41, 5.74) is 0.0121. The molecule has 1 aliphatic heterocycles. The number of benzene rings is 1. The first-order valence-corrected chi connectivity index (χ1v) is 6.45. The number of halogens is 1. The number of carbonyl (C=O) groups is 1. The standard InChI is InChI=1S/C14H19FN2O2/c1-17(10-5-4-8-16-9-10)14(18)13-11(15)6-3-7-12(13)19-2/h3,6-7,10,16H,4-5,8-9H2,1-2H3. The van der Waals surface area contributed by atoms with Gasteiger partial charge in [-0.3, -0.25) is 4.79 Å². The number of carbonyl (C=O) groups excluding carboxylic acids is 1. The molecule has 1 unspecified atom stereocenters. The first kappa shape index (κ1) is 13.8. The van der Waals surface area contributed by atoms with E-state index in [1.165, 1.54) is 19.2 Å². The summed E-state index contributed by atoms with van der Waals surface area (Å²) in [5.74, 6) is -0.593. The van der Waals surface area contributed by atoms with Gasteiger partial charge in [0.25, 0.3) is 5.91 Å². The van der Waals surface area contributed by atoms with Crippen LogP contribution in [0.15, 0.2) is 18.2 Å². The smallest absolute Gasteiger partial charge is 0.260 e. The molecule has 19 heavy (non-hydrogen) atoms. The fourth-order valence-corrected chi connectivity index (χ4v) is 2.39. The van der Waals surface area contributed by atoms with Crippen molar-refractivity contribution in [3.8, 4) is 5.75 Å². The third kappa shape index (κ3) is 2.87. The lowest BCUT2D eigenvalue weighted by Crippen LogP contribution is -2.46. The molecular weight excluding hydrogens is 247 g/mol. The lowest BCUT2D eigenvalue weighted by Gasteiger charge is -2.32. The number of amides is 1. The Hall–Kier alpha value is -1.62. The van der Waals surface area contributed by atoms with Gasteiger partial charge < -0.3 is 15.0 Å². The molecule has 104 valence electrons. The Labute approximate surface area is 112 Å². The minimum atomic E-state index is -0.542. The van der Waals surface area contributed by atoms with Crippen LogP contribution in [0.5, 0.6) is 5.75 Å². The van der Waals surface area contributed by atoms with Crippen LogP contribution in [0, 0.1) is 5.82 Å². The second kappa shape index (κ2) is 6.02. The minimum absolute atomic E-state index is 0.0121. The van der Waals surface area contributed by atoms with Crippen LogP contribution < -0.4 is 10.1 Å². The van der Waals surface area contributed by atoms with E-state index in [0.29, 0.717) is 0 Å². The maximum atomic E-state index is 13.9. The molecule has 0 spiro atoms. The summed E-state index contributed by atoms with van der Waals surface area (Å²) in [6, 6.07) is 4.52. The van der Waals surface area contributed by atoms with Crippen molar-refractivity contribution in [3.63, 3.8) is 0 Å². The number of ether oxygens (including phenoxy) is 1. The molecule has 1 saturated heterocycles. The number of nitrogens with one attached hydrogen (secondary N) is 1. The zero-order chi connectivity index (χ0) is 13.8. The molecule has 1 atom stereocenters. The van der Waals surface area contributed by atoms with E-state index < -0.39 is 5.82 Å². The van der Waals surface area contributed by atoms with Crippen LogP contribution in [0.1, 0.15) is 23.2 Å². The van der Waals surface area contributed by atoms with E-state index in [-0.39, 0.29) is 23.3 Å². The lowest BCUT2D eigenvalue weighted by molar-refractivity contribution is 0.0700. The number of likely N-dealkylation sites (N-methyl/N-ethyl adjacent to an activating group) is 1. The molecule has 1 amide bonds. The van der Waals surface area contributed by atoms with E-state index in [9.17, 15) is 9.18 Å². The lowest BCUT2D eigenvalue weighted by atomic mass is 10.0. The molecule has 1 aliphatic rings. The van der Waals surface area contributed by atoms with Crippen LogP contribution in [0.4, 0.5) is 4.39 Å². The van der Waals surface area contributed by atoms with Crippen molar-refractivity contribution in [1.82, 2.24) is 10.2 Å². The van der Waals surface area contributed by atoms with Gasteiger partial charge in [-0.1, -0.05) is 6.07 Å². The Morgan fingerprint density at radius 2 is 2.32 bits per heavy atom. The molecule has 0 aliphatic carbocycles. The van der Waals surface area contributed by atoms with E-state index >= 15 is 0 Å². The molecule has 1 N–H and O–H groups in total. The molecule has 1 heterocycles. The van der Waals surface area contributed by atoms with Gasteiger partial charge in [-0.15, -0.1) is 0 Å². The number of hydrogen-bond acceptors (Lipinski definition) is 3. The second-order valence-electron chi connectivity index (χ2n) is 4.73. The molecule has 1 fully saturated rings. The quantitative estimate of drug-likeness (QED) is 0.904. The van der Waals surface area contributed by atoms with E-state index in [0.717, 1.165) is 25.9 Å². The van der Waals surface area contributed by atoms with Crippen molar-refractivity contribution in [1.29, 1.82) is 0 Å². The van der Waals surface area contributed by atoms with Crippen LogP contribution in [-0.2, 0) is 0 Å². The van der Waals surface area contributed by atoms with Gasteiger partial charge in [0.15, 0.2) is 0 Å². The first-order chi connectivity index (χ1) is 9.15. The monoisotopic (exact) mass is 266 g/mol. The SMILES string of the molecule is COc1cccc(F)c1C(=O)N(C)C1CCCNC1. The maximum absolute atomic E-state index is 13.9. The maximum Gasteiger partial charge on any atom is 0.260 e. The zero-order valence-electron chi connectivity index (χ0n) is 11.3. The highest BCUT2D eigenvalue weighted by Crippen LogP contribution is 2.24. The average Bonchev–Trinajstić information content (AvgIpc) is 2.46. The zero-order valence-corrected chi connectivity index (χ0v) is 11.3. The Morgan fingerprint density at radius 3 is 2.95 bits per heavy atom. The van der Waals surface area contributed by atoms with Crippen LogP contribution in [-0.4, -0.2) is 44.1 Å². The van der Waals surface area contributed by atoms with E-state index in [1.54, 1.807) is 18.0 Å². The molecule has 0 aromatic heterocycles.